The predicted octanol–water partition coefficient (Wildman–Crippen LogP) is 3.02. The number of rotatable bonds is 3. The highest BCUT2D eigenvalue weighted by atomic mass is 79.9. The van der Waals surface area contributed by atoms with E-state index in [0.717, 1.165) is 43.2 Å². The van der Waals surface area contributed by atoms with Gasteiger partial charge < -0.3 is 14.9 Å². The number of aryl methyl sites for hydroxylation is 1. The maximum Gasteiger partial charge on any atom is 0.339 e. The number of ether oxygens (including phenoxy) is 1. The van der Waals surface area contributed by atoms with E-state index >= 15 is 0 Å². The number of aliphatic hydroxyl groups excluding tert-OH is 1. The van der Waals surface area contributed by atoms with Gasteiger partial charge in [-0.1, -0.05) is 6.42 Å². The highest BCUT2D eigenvalue weighted by molar-refractivity contribution is 9.10. The van der Waals surface area contributed by atoms with Gasteiger partial charge in [-0.05, 0) is 65.7 Å². The summed E-state index contributed by atoms with van der Waals surface area (Å²) in [5.41, 5.74) is 2.39. The van der Waals surface area contributed by atoms with Crippen LogP contribution in [0, 0.1) is 0 Å². The molecule has 0 spiro atoms. The van der Waals surface area contributed by atoms with E-state index in [1.807, 2.05) is 0 Å². The van der Waals surface area contributed by atoms with Crippen molar-refractivity contribution in [1.29, 1.82) is 0 Å². The first-order valence-electron chi connectivity index (χ1n) is 6.94. The SMILES string of the molecule is CCOC(=O)C(O)c1cc2c(c(Br)c1O)CCCCC2. The van der Waals surface area contributed by atoms with Crippen LogP contribution < -0.4 is 0 Å². The minimum Gasteiger partial charge on any atom is -0.506 e. The maximum absolute atomic E-state index is 11.6. The maximum atomic E-state index is 11.6. The van der Waals surface area contributed by atoms with Crippen molar-refractivity contribution in [3.63, 3.8) is 0 Å². The smallest absolute Gasteiger partial charge is 0.339 e. The van der Waals surface area contributed by atoms with E-state index in [9.17, 15) is 15.0 Å². The van der Waals surface area contributed by atoms with Gasteiger partial charge >= 0.3 is 5.97 Å². The number of phenols is 1. The number of hydrogen-bond donors (Lipinski definition) is 2. The van der Waals surface area contributed by atoms with Gasteiger partial charge in [0, 0.05) is 5.56 Å². The molecule has 1 aromatic carbocycles. The summed E-state index contributed by atoms with van der Waals surface area (Å²) in [6, 6.07) is 1.74. The van der Waals surface area contributed by atoms with Crippen LogP contribution in [0.5, 0.6) is 5.75 Å². The third kappa shape index (κ3) is 2.99. The van der Waals surface area contributed by atoms with E-state index in [0.29, 0.717) is 4.47 Å². The van der Waals surface area contributed by atoms with Crippen molar-refractivity contribution in [2.45, 2.75) is 45.1 Å². The fourth-order valence-electron chi connectivity index (χ4n) is 2.60. The summed E-state index contributed by atoms with van der Waals surface area (Å²) in [5.74, 6) is -0.797. The third-order valence-corrected chi connectivity index (χ3v) is 4.50. The standard InChI is InChI=1S/C15H19BrO4/c1-2-20-15(19)14(18)11-8-9-6-4-3-5-7-10(9)12(16)13(11)17/h8,14,17-18H,2-7H2,1H3. The minimum absolute atomic E-state index is 0.0637. The van der Waals surface area contributed by atoms with E-state index in [-0.39, 0.29) is 17.9 Å². The molecule has 1 aliphatic rings. The molecule has 1 unspecified atom stereocenters. The fourth-order valence-corrected chi connectivity index (χ4v) is 3.28. The van der Waals surface area contributed by atoms with Crippen LogP contribution in [-0.2, 0) is 22.4 Å². The molecule has 0 aromatic heterocycles. The molecule has 1 aliphatic carbocycles. The summed E-state index contributed by atoms with van der Waals surface area (Å²) in [6.45, 7) is 1.88. The fraction of sp³-hybridized carbons (Fsp3) is 0.533. The Kier molecular flexibility index (Phi) is 5.05. The summed E-state index contributed by atoms with van der Waals surface area (Å²) in [7, 11) is 0. The van der Waals surface area contributed by atoms with Crippen LogP contribution in [0.3, 0.4) is 0 Å². The van der Waals surface area contributed by atoms with Gasteiger partial charge in [0.2, 0.25) is 0 Å². The minimum atomic E-state index is -1.44. The molecular formula is C15H19BrO4. The molecule has 0 aliphatic heterocycles. The largest absolute Gasteiger partial charge is 0.506 e. The summed E-state index contributed by atoms with van der Waals surface area (Å²) < 4.78 is 5.40. The van der Waals surface area contributed by atoms with E-state index in [1.54, 1.807) is 13.0 Å². The number of esters is 1. The Morgan fingerprint density at radius 1 is 1.40 bits per heavy atom. The lowest BCUT2D eigenvalue weighted by Crippen LogP contribution is -2.16. The average Bonchev–Trinajstić information content (AvgIpc) is 2.67. The van der Waals surface area contributed by atoms with Gasteiger partial charge in [0.05, 0.1) is 11.1 Å². The molecule has 2 N–H and O–H groups in total. The Morgan fingerprint density at radius 3 is 2.80 bits per heavy atom. The van der Waals surface area contributed by atoms with Gasteiger partial charge in [-0.25, -0.2) is 4.79 Å². The second-order valence-corrected chi connectivity index (χ2v) is 5.77. The molecule has 1 atom stereocenters. The lowest BCUT2D eigenvalue weighted by Gasteiger charge is -2.17. The van der Waals surface area contributed by atoms with Gasteiger partial charge in [-0.15, -0.1) is 0 Å². The Bertz CT molecular complexity index is 513. The Hall–Kier alpha value is -1.07. The summed E-state index contributed by atoms with van der Waals surface area (Å²) in [4.78, 5) is 11.6. The van der Waals surface area contributed by atoms with Crippen molar-refractivity contribution in [3.8, 4) is 5.75 Å². The molecule has 0 fully saturated rings. The van der Waals surface area contributed by atoms with Crippen LogP contribution in [-0.4, -0.2) is 22.8 Å². The number of halogens is 1. The molecule has 0 heterocycles. The molecule has 0 amide bonds. The van der Waals surface area contributed by atoms with Crippen LogP contribution in [0.25, 0.3) is 0 Å². The van der Waals surface area contributed by atoms with E-state index < -0.39 is 12.1 Å². The average molecular weight is 343 g/mol. The normalized spacial score (nSPS) is 16.1. The van der Waals surface area contributed by atoms with Crippen molar-refractivity contribution in [3.05, 3.63) is 27.2 Å². The molecular weight excluding hydrogens is 324 g/mol. The van der Waals surface area contributed by atoms with Crippen molar-refractivity contribution < 1.29 is 19.7 Å². The number of carbonyl (C=O) groups excluding carboxylic acids is 1. The predicted molar refractivity (Wildman–Crippen MR) is 78.7 cm³/mol. The van der Waals surface area contributed by atoms with Gasteiger partial charge in [0.1, 0.15) is 5.75 Å². The van der Waals surface area contributed by atoms with Gasteiger partial charge in [0.25, 0.3) is 0 Å². The van der Waals surface area contributed by atoms with Crippen LogP contribution in [0.1, 0.15) is 49.0 Å². The lowest BCUT2D eigenvalue weighted by molar-refractivity contribution is -0.153. The molecule has 0 bridgehead atoms. The molecule has 2 rings (SSSR count). The van der Waals surface area contributed by atoms with E-state index in [4.69, 9.17) is 4.74 Å². The number of phenolic OH excluding ortho intramolecular Hbond substituents is 1. The summed E-state index contributed by atoms with van der Waals surface area (Å²) in [6.07, 6.45) is 3.68. The van der Waals surface area contributed by atoms with E-state index in [2.05, 4.69) is 15.9 Å². The topological polar surface area (TPSA) is 66.8 Å². The zero-order valence-electron chi connectivity index (χ0n) is 11.5. The highest BCUT2D eigenvalue weighted by Gasteiger charge is 2.26. The first-order valence-corrected chi connectivity index (χ1v) is 7.73. The van der Waals surface area contributed by atoms with Gasteiger partial charge in [-0.2, -0.15) is 0 Å². The summed E-state index contributed by atoms with van der Waals surface area (Å²) in [5, 5.41) is 20.3. The number of aliphatic hydroxyl groups is 1. The quantitative estimate of drug-likeness (QED) is 0.654. The molecule has 5 heteroatoms. The first-order chi connectivity index (χ1) is 9.56. The molecule has 0 saturated heterocycles. The lowest BCUT2D eigenvalue weighted by atomic mass is 9.96. The van der Waals surface area contributed by atoms with Gasteiger partial charge in [-0.3, -0.25) is 0 Å². The Labute approximate surface area is 126 Å². The zero-order chi connectivity index (χ0) is 14.7. The van der Waals surface area contributed by atoms with Crippen LogP contribution >= 0.6 is 15.9 Å². The first kappa shape index (κ1) is 15.3. The van der Waals surface area contributed by atoms with Crippen molar-refractivity contribution in [2.75, 3.05) is 6.61 Å². The number of aromatic hydroxyl groups is 1. The van der Waals surface area contributed by atoms with Crippen molar-refractivity contribution in [1.82, 2.24) is 0 Å². The zero-order valence-corrected chi connectivity index (χ0v) is 13.1. The molecule has 20 heavy (non-hydrogen) atoms. The van der Waals surface area contributed by atoms with Gasteiger partial charge in [0.15, 0.2) is 6.10 Å². The molecule has 4 nitrogen and oxygen atoms in total. The number of carbonyl (C=O) groups is 1. The summed E-state index contributed by atoms with van der Waals surface area (Å²) >= 11 is 3.39. The van der Waals surface area contributed by atoms with Crippen LogP contribution in [0.15, 0.2) is 10.5 Å². The molecule has 1 aromatic rings. The second kappa shape index (κ2) is 6.59. The highest BCUT2D eigenvalue weighted by Crippen LogP contribution is 2.39. The number of hydrogen-bond acceptors (Lipinski definition) is 4. The van der Waals surface area contributed by atoms with Crippen molar-refractivity contribution >= 4 is 21.9 Å². The molecule has 110 valence electrons. The third-order valence-electron chi connectivity index (χ3n) is 3.64. The molecule has 0 saturated carbocycles. The van der Waals surface area contributed by atoms with Crippen molar-refractivity contribution in [2.24, 2.45) is 0 Å². The monoisotopic (exact) mass is 342 g/mol. The van der Waals surface area contributed by atoms with E-state index in [1.165, 1.54) is 0 Å². The Balaban J connectivity index is 2.42. The Morgan fingerprint density at radius 2 is 2.10 bits per heavy atom. The molecule has 0 radical (unpaired) electrons. The van der Waals surface area contributed by atoms with Crippen LogP contribution in [0.2, 0.25) is 0 Å². The second-order valence-electron chi connectivity index (χ2n) is 4.98. The number of fused-ring (bicyclic) bond motifs is 1. The van der Waals surface area contributed by atoms with Crippen LogP contribution in [0.4, 0.5) is 0 Å². The number of benzene rings is 1.